The molecule has 0 bridgehead atoms. The average Bonchev–Trinajstić information content (AvgIpc) is 2.59. The molecular formula is C24H27Ga. The van der Waals surface area contributed by atoms with Crippen LogP contribution in [0.2, 0.25) is 0 Å². The van der Waals surface area contributed by atoms with Crippen molar-refractivity contribution in [3.05, 3.63) is 88.0 Å². The summed E-state index contributed by atoms with van der Waals surface area (Å²) in [5, 5.41) is 0. The number of hydrogen-bond acceptors (Lipinski definition) is 0. The minimum atomic E-state index is -2.14. The Morgan fingerprint density at radius 2 is 0.720 bits per heavy atom. The maximum absolute atomic E-state index is 2.39. The first kappa shape index (κ1) is 18.1. The molecule has 3 aromatic carbocycles. The van der Waals surface area contributed by atoms with Gasteiger partial charge in [0.05, 0.1) is 0 Å². The Kier molecular flexibility index (Phi) is 5.26. The maximum atomic E-state index is 2.39. The van der Waals surface area contributed by atoms with Gasteiger partial charge in [-0.25, -0.2) is 0 Å². The average molecular weight is 385 g/mol. The third kappa shape index (κ3) is 3.36. The summed E-state index contributed by atoms with van der Waals surface area (Å²) < 4.78 is 4.82. The fourth-order valence-corrected chi connectivity index (χ4v) is 11.9. The third-order valence-electron chi connectivity index (χ3n) is 5.87. The topological polar surface area (TPSA) is 0 Å². The van der Waals surface area contributed by atoms with Crippen molar-refractivity contribution < 1.29 is 0 Å². The van der Waals surface area contributed by atoms with E-state index in [0.717, 1.165) is 0 Å². The van der Waals surface area contributed by atoms with E-state index < -0.39 is 16.2 Å². The van der Waals surface area contributed by atoms with Crippen LogP contribution < -0.4 is 12.4 Å². The molecule has 0 nitrogen and oxygen atoms in total. The van der Waals surface area contributed by atoms with E-state index in [2.05, 4.69) is 96.1 Å². The summed E-state index contributed by atoms with van der Waals surface area (Å²) in [5.41, 5.74) is 8.66. The molecule has 0 heterocycles. The van der Waals surface area contributed by atoms with Gasteiger partial charge in [0.2, 0.25) is 0 Å². The second kappa shape index (κ2) is 7.27. The van der Waals surface area contributed by atoms with Crippen molar-refractivity contribution in [3.8, 4) is 0 Å². The van der Waals surface area contributed by atoms with Gasteiger partial charge in [0, 0.05) is 0 Å². The number of aryl methyl sites for hydroxylation is 3. The summed E-state index contributed by atoms with van der Waals surface area (Å²) in [4.78, 5) is 0. The zero-order valence-corrected chi connectivity index (χ0v) is 18.7. The van der Waals surface area contributed by atoms with Crippen LogP contribution in [-0.2, 0) is 0 Å². The molecule has 126 valence electrons. The van der Waals surface area contributed by atoms with E-state index >= 15 is 0 Å². The third-order valence-corrected chi connectivity index (χ3v) is 13.7. The quantitative estimate of drug-likeness (QED) is 0.597. The molecule has 3 rings (SSSR count). The van der Waals surface area contributed by atoms with Crippen molar-refractivity contribution >= 4 is 28.6 Å². The Hall–Kier alpha value is -1.70. The van der Waals surface area contributed by atoms with Crippen LogP contribution in [0.15, 0.2) is 54.6 Å². The molecule has 0 radical (unpaired) electrons. The molecular weight excluding hydrogens is 358 g/mol. The van der Waals surface area contributed by atoms with Crippen LogP contribution in [0, 0.1) is 41.5 Å². The summed E-state index contributed by atoms with van der Waals surface area (Å²) in [5.74, 6) is 0. The first-order valence-corrected chi connectivity index (χ1v) is 12.7. The Bertz CT molecular complexity index is 799. The molecule has 0 unspecified atom stereocenters. The molecule has 1 heteroatoms. The molecule has 0 aliphatic heterocycles. The predicted octanol–water partition coefficient (Wildman–Crippen LogP) is 4.05. The van der Waals surface area contributed by atoms with Crippen LogP contribution in [0.1, 0.15) is 33.4 Å². The fourth-order valence-electron chi connectivity index (χ4n) is 3.76. The number of benzene rings is 3. The molecule has 0 aliphatic rings. The molecule has 0 saturated heterocycles. The van der Waals surface area contributed by atoms with Gasteiger partial charge in [0.15, 0.2) is 0 Å². The molecule has 0 spiro atoms. The molecule has 25 heavy (non-hydrogen) atoms. The van der Waals surface area contributed by atoms with E-state index in [0.29, 0.717) is 0 Å². The molecule has 0 fully saturated rings. The van der Waals surface area contributed by atoms with Crippen molar-refractivity contribution in [1.29, 1.82) is 0 Å². The van der Waals surface area contributed by atoms with Crippen LogP contribution in [0.5, 0.6) is 0 Å². The number of hydrogen-bond donors (Lipinski definition) is 0. The van der Waals surface area contributed by atoms with E-state index in [1.165, 1.54) is 33.4 Å². The van der Waals surface area contributed by atoms with Gasteiger partial charge >= 0.3 is 158 Å². The molecule has 3 aromatic rings. The van der Waals surface area contributed by atoms with Gasteiger partial charge in [-0.2, -0.15) is 0 Å². The predicted molar refractivity (Wildman–Crippen MR) is 112 cm³/mol. The summed E-state index contributed by atoms with van der Waals surface area (Å²) in [6.07, 6.45) is 0. The van der Waals surface area contributed by atoms with Gasteiger partial charge in [-0.3, -0.25) is 0 Å². The van der Waals surface area contributed by atoms with E-state index in [1.807, 2.05) is 0 Å². The summed E-state index contributed by atoms with van der Waals surface area (Å²) in [6.45, 7) is 13.6. The first-order chi connectivity index (χ1) is 11.9. The Labute approximate surface area is 158 Å². The zero-order chi connectivity index (χ0) is 18.1. The number of rotatable bonds is 3. The standard InChI is InChI=1S/3C8H9.Ga/c3*1-7-5-3-4-6-8(7)2;/h3*3-5H,1-2H3;. The fraction of sp³-hybridized carbons (Fsp3) is 0.250. The molecule has 0 atom stereocenters. The SMILES string of the molecule is Cc1ccc[c]([Ga]([c]2cccc(C)c2C)[c]2cccc(C)c2C)c1C. The van der Waals surface area contributed by atoms with Gasteiger partial charge in [-0.15, -0.1) is 0 Å². The summed E-state index contributed by atoms with van der Waals surface area (Å²) in [7, 11) is 0. The molecule has 0 aliphatic carbocycles. The molecule has 0 aromatic heterocycles. The Balaban J connectivity index is 2.35. The second-order valence-electron chi connectivity index (χ2n) is 7.30. The van der Waals surface area contributed by atoms with Gasteiger partial charge < -0.3 is 0 Å². The van der Waals surface area contributed by atoms with Crippen molar-refractivity contribution in [2.75, 3.05) is 0 Å². The van der Waals surface area contributed by atoms with Gasteiger partial charge in [0.25, 0.3) is 0 Å². The Morgan fingerprint density at radius 1 is 0.440 bits per heavy atom. The molecule has 0 saturated carbocycles. The normalized spacial score (nSPS) is 10.8. The second-order valence-corrected chi connectivity index (χ2v) is 13.0. The zero-order valence-electron chi connectivity index (χ0n) is 16.3. The van der Waals surface area contributed by atoms with E-state index in [-0.39, 0.29) is 0 Å². The van der Waals surface area contributed by atoms with E-state index in [9.17, 15) is 0 Å². The van der Waals surface area contributed by atoms with Crippen molar-refractivity contribution in [2.45, 2.75) is 41.5 Å². The van der Waals surface area contributed by atoms with E-state index in [1.54, 1.807) is 12.4 Å². The van der Waals surface area contributed by atoms with Crippen molar-refractivity contribution in [3.63, 3.8) is 0 Å². The van der Waals surface area contributed by atoms with E-state index in [4.69, 9.17) is 0 Å². The van der Waals surface area contributed by atoms with Gasteiger partial charge in [-0.1, -0.05) is 0 Å². The minimum absolute atomic E-state index is 1.41. The van der Waals surface area contributed by atoms with Crippen molar-refractivity contribution in [1.82, 2.24) is 0 Å². The summed E-state index contributed by atoms with van der Waals surface area (Å²) >= 11 is -2.14. The van der Waals surface area contributed by atoms with Crippen LogP contribution in [-0.4, -0.2) is 16.2 Å². The molecule has 0 amide bonds. The monoisotopic (exact) mass is 384 g/mol. The van der Waals surface area contributed by atoms with Crippen LogP contribution >= 0.6 is 0 Å². The van der Waals surface area contributed by atoms with Crippen LogP contribution in [0.4, 0.5) is 0 Å². The van der Waals surface area contributed by atoms with Gasteiger partial charge in [0.1, 0.15) is 0 Å². The molecule has 0 N–H and O–H groups in total. The van der Waals surface area contributed by atoms with Gasteiger partial charge in [-0.05, 0) is 0 Å². The Morgan fingerprint density at radius 3 is 1.00 bits per heavy atom. The first-order valence-electron chi connectivity index (χ1n) is 9.10. The van der Waals surface area contributed by atoms with Crippen LogP contribution in [0.3, 0.4) is 0 Å². The van der Waals surface area contributed by atoms with Crippen molar-refractivity contribution in [2.24, 2.45) is 0 Å². The van der Waals surface area contributed by atoms with Crippen LogP contribution in [0.25, 0.3) is 0 Å². The summed E-state index contributed by atoms with van der Waals surface area (Å²) in [6, 6.07) is 20.6.